The molecule has 0 saturated heterocycles. The average molecular weight is 258 g/mol. The van der Waals surface area contributed by atoms with Crippen LogP contribution >= 0.6 is 0 Å². The molecule has 0 spiro atoms. The van der Waals surface area contributed by atoms with Crippen LogP contribution < -0.4 is 0 Å². The Bertz CT molecular complexity index is 469. The number of benzene rings is 1. The lowest BCUT2D eigenvalue weighted by Gasteiger charge is -2.32. The molecule has 0 aliphatic rings. The van der Waals surface area contributed by atoms with Crippen LogP contribution in [0.15, 0.2) is 6.07 Å². The van der Waals surface area contributed by atoms with Gasteiger partial charge in [0.1, 0.15) is 0 Å². The van der Waals surface area contributed by atoms with Gasteiger partial charge in [0.05, 0.1) is 18.0 Å². The molecule has 2 unspecified atom stereocenters. The molecule has 0 bridgehead atoms. The van der Waals surface area contributed by atoms with Crippen LogP contribution in [0.5, 0.6) is 0 Å². The number of aryl methyl sites for hydroxylation is 2. The second kappa shape index (κ2) is 6.21. The summed E-state index contributed by atoms with van der Waals surface area (Å²) in [5.74, 6) is 0.0357. The highest BCUT2D eigenvalue weighted by Crippen LogP contribution is 2.35. The lowest BCUT2D eigenvalue weighted by atomic mass is 9.83. The summed E-state index contributed by atoms with van der Waals surface area (Å²) < 4.78 is 0. The Balaban J connectivity index is 3.52. The van der Waals surface area contributed by atoms with E-state index in [-0.39, 0.29) is 12.0 Å². The van der Waals surface area contributed by atoms with Crippen LogP contribution in [0, 0.1) is 44.9 Å². The van der Waals surface area contributed by atoms with Crippen LogP contribution in [-0.2, 0) is 0 Å². The Hall–Kier alpha value is -1.33. The van der Waals surface area contributed by atoms with E-state index in [1.54, 1.807) is 0 Å². The summed E-state index contributed by atoms with van der Waals surface area (Å²) >= 11 is 0. The summed E-state index contributed by atoms with van der Waals surface area (Å²) in [7, 11) is 4.14. The summed E-state index contributed by atoms with van der Waals surface area (Å²) in [5.41, 5.74) is 6.64. The molecule has 1 rings (SSSR count). The first-order valence-corrected chi connectivity index (χ1v) is 6.98. The molecule has 2 nitrogen and oxygen atoms in total. The van der Waals surface area contributed by atoms with Crippen LogP contribution in [-0.4, -0.2) is 19.0 Å². The van der Waals surface area contributed by atoms with E-state index in [1.807, 2.05) is 0 Å². The van der Waals surface area contributed by atoms with Gasteiger partial charge in [0.2, 0.25) is 0 Å². The average Bonchev–Trinajstić information content (AvgIpc) is 2.35. The van der Waals surface area contributed by atoms with Crippen molar-refractivity contribution in [2.45, 2.75) is 47.1 Å². The molecule has 0 radical (unpaired) electrons. The van der Waals surface area contributed by atoms with E-state index in [9.17, 15) is 5.26 Å². The Morgan fingerprint density at radius 3 is 1.89 bits per heavy atom. The first kappa shape index (κ1) is 15.7. The first-order chi connectivity index (χ1) is 8.84. The number of hydrogen-bond acceptors (Lipinski definition) is 2. The van der Waals surface area contributed by atoms with Crippen molar-refractivity contribution in [2.75, 3.05) is 14.1 Å². The minimum absolute atomic E-state index is 0.0357. The second-order valence-electron chi connectivity index (χ2n) is 5.73. The van der Waals surface area contributed by atoms with Gasteiger partial charge in [-0.1, -0.05) is 13.0 Å². The van der Waals surface area contributed by atoms with Gasteiger partial charge in [-0.25, -0.2) is 0 Å². The third-order valence-corrected chi connectivity index (χ3v) is 4.26. The van der Waals surface area contributed by atoms with Crippen LogP contribution in [0.1, 0.15) is 47.2 Å². The monoisotopic (exact) mass is 258 g/mol. The number of hydrogen-bond donors (Lipinski definition) is 0. The van der Waals surface area contributed by atoms with Gasteiger partial charge in [-0.3, -0.25) is 0 Å². The van der Waals surface area contributed by atoms with E-state index in [4.69, 9.17) is 0 Å². The lowest BCUT2D eigenvalue weighted by molar-refractivity contribution is 0.239. The van der Waals surface area contributed by atoms with E-state index in [0.29, 0.717) is 0 Å². The minimum atomic E-state index is 0.0357. The first-order valence-electron chi connectivity index (χ1n) is 6.98. The smallest absolute Gasteiger partial charge is 0.0675 e. The van der Waals surface area contributed by atoms with E-state index in [1.165, 1.54) is 27.8 Å². The fraction of sp³-hybridized carbons (Fsp3) is 0.588. The molecule has 0 saturated carbocycles. The highest BCUT2D eigenvalue weighted by molar-refractivity contribution is 5.46. The van der Waals surface area contributed by atoms with Crippen LogP contribution in [0.2, 0.25) is 0 Å². The van der Waals surface area contributed by atoms with Gasteiger partial charge in [-0.2, -0.15) is 5.26 Å². The summed E-state index contributed by atoms with van der Waals surface area (Å²) in [6.45, 7) is 10.8. The normalized spacial score (nSPS) is 14.3. The third kappa shape index (κ3) is 2.98. The molecule has 1 aromatic rings. The fourth-order valence-corrected chi connectivity index (χ4v) is 2.90. The van der Waals surface area contributed by atoms with Crippen molar-refractivity contribution in [2.24, 2.45) is 5.92 Å². The number of nitriles is 1. The van der Waals surface area contributed by atoms with Gasteiger partial charge >= 0.3 is 0 Å². The Morgan fingerprint density at radius 1 is 1.11 bits per heavy atom. The molecule has 1 aromatic carbocycles. The van der Waals surface area contributed by atoms with Crippen molar-refractivity contribution in [1.29, 1.82) is 5.26 Å². The van der Waals surface area contributed by atoms with Crippen molar-refractivity contribution >= 4 is 0 Å². The molecular weight excluding hydrogens is 232 g/mol. The highest BCUT2D eigenvalue weighted by atomic mass is 15.1. The van der Waals surface area contributed by atoms with Crippen LogP contribution in [0.4, 0.5) is 0 Å². The SMILES string of the molecule is CCC(C#N)C(c1c(C)c(C)cc(C)c1C)N(C)C. The quantitative estimate of drug-likeness (QED) is 0.814. The molecule has 0 heterocycles. The van der Waals surface area contributed by atoms with Gasteiger partial charge in [-0.15, -0.1) is 0 Å². The molecule has 0 amide bonds. The van der Waals surface area contributed by atoms with E-state index < -0.39 is 0 Å². The van der Waals surface area contributed by atoms with Gasteiger partial charge < -0.3 is 4.90 Å². The zero-order chi connectivity index (χ0) is 14.7. The largest absolute Gasteiger partial charge is 0.301 e. The molecular formula is C17H26N2. The number of rotatable bonds is 4. The maximum atomic E-state index is 9.45. The van der Waals surface area contributed by atoms with Crippen molar-refractivity contribution in [3.05, 3.63) is 33.9 Å². The van der Waals surface area contributed by atoms with Gasteiger partial charge in [0, 0.05) is 0 Å². The Kier molecular flexibility index (Phi) is 5.14. The predicted octanol–water partition coefficient (Wildman–Crippen LogP) is 4.07. The lowest BCUT2D eigenvalue weighted by Crippen LogP contribution is -2.28. The Morgan fingerprint density at radius 2 is 1.58 bits per heavy atom. The maximum absolute atomic E-state index is 9.45. The van der Waals surface area contributed by atoms with Crippen LogP contribution in [0.25, 0.3) is 0 Å². The zero-order valence-corrected chi connectivity index (χ0v) is 13.3. The molecule has 0 aliphatic heterocycles. The van der Waals surface area contributed by atoms with E-state index in [0.717, 1.165) is 6.42 Å². The molecule has 19 heavy (non-hydrogen) atoms. The standard InChI is InChI=1S/C17H26N2/c1-8-15(10-18)17(19(6)7)16-13(4)11(2)9-12(3)14(16)5/h9,15,17H,8H2,1-7H3. The maximum Gasteiger partial charge on any atom is 0.0675 e. The molecule has 0 aliphatic carbocycles. The Labute approximate surface area is 118 Å². The molecule has 0 aromatic heterocycles. The molecule has 2 atom stereocenters. The van der Waals surface area contributed by atoms with Crippen LogP contribution in [0.3, 0.4) is 0 Å². The third-order valence-electron chi connectivity index (χ3n) is 4.26. The fourth-order valence-electron chi connectivity index (χ4n) is 2.90. The minimum Gasteiger partial charge on any atom is -0.301 e. The topological polar surface area (TPSA) is 27.0 Å². The second-order valence-corrected chi connectivity index (χ2v) is 5.73. The summed E-state index contributed by atoms with van der Waals surface area (Å²) in [6, 6.07) is 4.90. The summed E-state index contributed by atoms with van der Waals surface area (Å²) in [6.07, 6.45) is 0.880. The highest BCUT2D eigenvalue weighted by Gasteiger charge is 2.27. The van der Waals surface area contributed by atoms with Gasteiger partial charge in [-0.05, 0) is 76.0 Å². The summed E-state index contributed by atoms with van der Waals surface area (Å²) in [4.78, 5) is 2.19. The van der Waals surface area contributed by atoms with Crippen molar-refractivity contribution in [1.82, 2.24) is 4.90 Å². The molecule has 0 fully saturated rings. The zero-order valence-electron chi connectivity index (χ0n) is 13.3. The molecule has 0 N–H and O–H groups in total. The van der Waals surface area contributed by atoms with Gasteiger partial charge in [0.25, 0.3) is 0 Å². The predicted molar refractivity (Wildman–Crippen MR) is 81.2 cm³/mol. The number of nitrogens with zero attached hydrogens (tertiary/aromatic N) is 2. The van der Waals surface area contributed by atoms with Crippen molar-refractivity contribution < 1.29 is 0 Å². The summed E-state index contributed by atoms with van der Waals surface area (Å²) in [5, 5.41) is 9.45. The van der Waals surface area contributed by atoms with Gasteiger partial charge in [0.15, 0.2) is 0 Å². The molecule has 104 valence electrons. The van der Waals surface area contributed by atoms with E-state index in [2.05, 4.69) is 65.7 Å². The van der Waals surface area contributed by atoms with Crippen molar-refractivity contribution in [3.8, 4) is 6.07 Å². The van der Waals surface area contributed by atoms with Crippen molar-refractivity contribution in [3.63, 3.8) is 0 Å². The molecule has 2 heteroatoms. The van der Waals surface area contributed by atoms with E-state index >= 15 is 0 Å².